The molecule has 200 valence electrons. The van der Waals surface area contributed by atoms with Crippen LogP contribution in [0.5, 0.6) is 0 Å². The van der Waals surface area contributed by atoms with Crippen molar-refractivity contribution in [3.63, 3.8) is 0 Å². The van der Waals surface area contributed by atoms with E-state index in [1.807, 2.05) is 47.0 Å². The molecule has 0 radical (unpaired) electrons. The van der Waals surface area contributed by atoms with Crippen LogP contribution in [0.15, 0.2) is 27.3 Å². The second-order valence-corrected chi connectivity index (χ2v) is 17.7. The van der Waals surface area contributed by atoms with Gasteiger partial charge in [0.1, 0.15) is 4.91 Å². The van der Waals surface area contributed by atoms with Gasteiger partial charge < -0.3 is 5.11 Å². The number of carbonyl (C=O) groups is 1. The van der Waals surface area contributed by atoms with E-state index in [0.717, 1.165) is 27.9 Å². The molecule has 0 bridgehead atoms. The van der Waals surface area contributed by atoms with Crippen LogP contribution < -0.4 is 0 Å². The molecule has 2 heterocycles. The lowest BCUT2D eigenvalue weighted by Gasteiger charge is -2.13. The maximum Gasteiger partial charge on any atom is 0.343 e. The molecule has 2 nitrogen and oxygen atoms in total. The number of rotatable bonds is 17. The van der Waals surface area contributed by atoms with E-state index in [-0.39, 0.29) is 0 Å². The normalized spacial score (nSPS) is 18.2. The summed E-state index contributed by atoms with van der Waals surface area (Å²) in [6, 6.07) is 0. The van der Waals surface area contributed by atoms with Crippen LogP contribution in [0.3, 0.4) is 0 Å². The Labute approximate surface area is 240 Å². The van der Waals surface area contributed by atoms with E-state index in [0.29, 0.717) is 4.91 Å². The van der Waals surface area contributed by atoms with E-state index in [1.165, 1.54) is 87.3 Å². The highest BCUT2D eigenvalue weighted by atomic mass is 32.3. The van der Waals surface area contributed by atoms with Gasteiger partial charge in [0, 0.05) is 0 Å². The van der Waals surface area contributed by atoms with Gasteiger partial charge >= 0.3 is 5.97 Å². The van der Waals surface area contributed by atoms with Gasteiger partial charge in [-0.05, 0) is 53.4 Å². The molecule has 1 N–H and O–H groups in total. The molecule has 2 unspecified atom stereocenters. The Morgan fingerprint density at radius 3 is 1.63 bits per heavy atom. The van der Waals surface area contributed by atoms with Crippen LogP contribution >= 0.6 is 70.6 Å². The molecule has 2 rings (SSSR count). The van der Waals surface area contributed by atoms with E-state index in [2.05, 4.69) is 41.5 Å². The van der Waals surface area contributed by atoms with Crippen molar-refractivity contribution in [2.45, 2.75) is 92.9 Å². The second-order valence-electron chi connectivity index (χ2n) is 10.5. The SMILES string of the molecule is CC(C)CCCC(C)CCSC1=C(SCCC(C)CCCC(C)C)SC(=C2SC=C(C(=O)O)S2)S1. The molecular formula is C27H44O2S6. The summed E-state index contributed by atoms with van der Waals surface area (Å²) in [6.45, 7) is 14.1. The van der Waals surface area contributed by atoms with Crippen LogP contribution in [-0.4, -0.2) is 22.6 Å². The third-order valence-corrected chi connectivity index (χ3v) is 14.5. The molecule has 0 spiro atoms. The number of carboxylic acids is 1. The number of hydrogen-bond acceptors (Lipinski definition) is 7. The van der Waals surface area contributed by atoms with Crippen molar-refractivity contribution < 1.29 is 9.90 Å². The maximum absolute atomic E-state index is 11.4. The van der Waals surface area contributed by atoms with Crippen LogP contribution in [0.25, 0.3) is 0 Å². The number of thioether (sulfide) groups is 6. The van der Waals surface area contributed by atoms with Crippen molar-refractivity contribution in [3.8, 4) is 0 Å². The summed E-state index contributed by atoms with van der Waals surface area (Å²) in [4.78, 5) is 11.8. The van der Waals surface area contributed by atoms with E-state index in [1.54, 1.807) is 17.2 Å². The quantitative estimate of drug-likeness (QED) is 0.179. The summed E-state index contributed by atoms with van der Waals surface area (Å²) in [5.41, 5.74) is 0. The first-order valence-corrected chi connectivity index (χ1v) is 18.3. The predicted octanol–water partition coefficient (Wildman–Crippen LogP) is 11.3. The summed E-state index contributed by atoms with van der Waals surface area (Å²) in [7, 11) is 0. The highest BCUT2D eigenvalue weighted by molar-refractivity contribution is 8.42. The fourth-order valence-corrected chi connectivity index (χ4v) is 12.5. The van der Waals surface area contributed by atoms with E-state index >= 15 is 0 Å². The molecule has 2 aliphatic heterocycles. The molecule has 0 saturated heterocycles. The lowest BCUT2D eigenvalue weighted by molar-refractivity contribution is -0.131. The van der Waals surface area contributed by atoms with Crippen LogP contribution in [-0.2, 0) is 4.79 Å². The molecule has 0 saturated carbocycles. The van der Waals surface area contributed by atoms with Crippen molar-refractivity contribution in [2.75, 3.05) is 11.5 Å². The predicted molar refractivity (Wildman–Crippen MR) is 170 cm³/mol. The molecule has 0 aliphatic carbocycles. The fourth-order valence-electron chi connectivity index (χ4n) is 3.71. The molecule has 0 fully saturated rings. The summed E-state index contributed by atoms with van der Waals surface area (Å²) < 4.78 is 5.28. The van der Waals surface area contributed by atoms with Crippen molar-refractivity contribution in [3.05, 3.63) is 27.3 Å². The largest absolute Gasteiger partial charge is 0.477 e. The van der Waals surface area contributed by atoms with Gasteiger partial charge in [0.2, 0.25) is 0 Å². The monoisotopic (exact) mass is 592 g/mol. The van der Waals surface area contributed by atoms with Gasteiger partial charge in [-0.25, -0.2) is 4.79 Å². The Hall–Kier alpha value is 0.790. The van der Waals surface area contributed by atoms with Gasteiger partial charge in [-0.3, -0.25) is 0 Å². The molecule has 8 heteroatoms. The minimum absolute atomic E-state index is 0.444. The lowest BCUT2D eigenvalue weighted by atomic mass is 9.98. The number of hydrogen-bond donors (Lipinski definition) is 1. The standard InChI is InChI=1S/C27H44O2S6/c1-18(2)9-7-11-20(5)13-15-30-24-25(31-16-14-21(6)12-8-10-19(3)4)35-27(34-24)26-32-17-22(33-26)23(28)29/h17-21H,7-16H2,1-6H3,(H,28,29). The third-order valence-electron chi connectivity index (χ3n) is 6.03. The molecule has 2 atom stereocenters. The smallest absolute Gasteiger partial charge is 0.343 e. The van der Waals surface area contributed by atoms with Gasteiger partial charge in [-0.15, -0.1) is 23.5 Å². The number of carboxylic acid groups (broad SMARTS) is 1. The molecular weight excluding hydrogens is 549 g/mol. The van der Waals surface area contributed by atoms with Gasteiger partial charge in [0.25, 0.3) is 0 Å². The zero-order chi connectivity index (χ0) is 25.8. The molecule has 0 aromatic heterocycles. The molecule has 0 aromatic carbocycles. The zero-order valence-electron chi connectivity index (χ0n) is 22.3. The van der Waals surface area contributed by atoms with Gasteiger partial charge in [0.05, 0.1) is 16.9 Å². The third kappa shape index (κ3) is 12.9. The summed E-state index contributed by atoms with van der Waals surface area (Å²) >= 11 is 10.8. The Morgan fingerprint density at radius 1 is 0.743 bits per heavy atom. The van der Waals surface area contributed by atoms with E-state index in [4.69, 9.17) is 0 Å². The lowest BCUT2D eigenvalue weighted by Crippen LogP contribution is -1.99. The Morgan fingerprint density at radius 2 is 1.23 bits per heavy atom. The van der Waals surface area contributed by atoms with E-state index < -0.39 is 5.97 Å². The summed E-state index contributed by atoms with van der Waals surface area (Å²) in [6.07, 6.45) is 10.6. The van der Waals surface area contributed by atoms with E-state index in [9.17, 15) is 9.90 Å². The Balaban J connectivity index is 1.88. The van der Waals surface area contributed by atoms with Crippen molar-refractivity contribution >= 4 is 76.5 Å². The Kier molecular flexibility index (Phi) is 15.9. The van der Waals surface area contributed by atoms with Crippen LogP contribution in [0, 0.1) is 23.7 Å². The first-order chi connectivity index (χ1) is 16.7. The van der Waals surface area contributed by atoms with Crippen LogP contribution in [0.2, 0.25) is 0 Å². The van der Waals surface area contributed by atoms with Crippen molar-refractivity contribution in [1.82, 2.24) is 0 Å². The first-order valence-electron chi connectivity index (χ1n) is 13.0. The van der Waals surface area contributed by atoms with Crippen LogP contribution in [0.1, 0.15) is 92.9 Å². The average Bonchev–Trinajstić information content (AvgIpc) is 3.41. The van der Waals surface area contributed by atoms with Gasteiger partial charge in [-0.2, -0.15) is 0 Å². The zero-order valence-corrected chi connectivity index (χ0v) is 27.2. The van der Waals surface area contributed by atoms with Crippen LogP contribution in [0.4, 0.5) is 0 Å². The maximum atomic E-state index is 11.4. The summed E-state index contributed by atoms with van der Waals surface area (Å²) in [5, 5.41) is 11.1. The highest BCUT2D eigenvalue weighted by Crippen LogP contribution is 2.62. The highest BCUT2D eigenvalue weighted by Gasteiger charge is 2.29. The van der Waals surface area contributed by atoms with Crippen molar-refractivity contribution in [2.24, 2.45) is 23.7 Å². The summed E-state index contributed by atoms with van der Waals surface area (Å²) in [5.74, 6) is 4.70. The number of aliphatic carboxylic acids is 1. The minimum Gasteiger partial charge on any atom is -0.477 e. The van der Waals surface area contributed by atoms with Crippen molar-refractivity contribution in [1.29, 1.82) is 0 Å². The topological polar surface area (TPSA) is 37.3 Å². The van der Waals surface area contributed by atoms with Gasteiger partial charge in [-0.1, -0.05) is 127 Å². The first kappa shape index (κ1) is 32.0. The van der Waals surface area contributed by atoms with Gasteiger partial charge in [0.15, 0.2) is 0 Å². The molecule has 35 heavy (non-hydrogen) atoms. The average molecular weight is 593 g/mol. The fraction of sp³-hybridized carbons (Fsp3) is 0.741. The molecule has 0 aromatic rings. The second kappa shape index (κ2) is 17.4. The Bertz CT molecular complexity index is 732. The minimum atomic E-state index is -0.818. The molecule has 0 amide bonds. The molecule has 2 aliphatic rings.